The minimum atomic E-state index is -4.56. The van der Waals surface area contributed by atoms with E-state index >= 15 is 0 Å². The molecule has 0 radical (unpaired) electrons. The third-order valence-corrected chi connectivity index (χ3v) is 7.08. The van der Waals surface area contributed by atoms with Crippen molar-refractivity contribution in [2.24, 2.45) is 0 Å². The van der Waals surface area contributed by atoms with Gasteiger partial charge in [-0.3, -0.25) is 9.69 Å². The van der Waals surface area contributed by atoms with E-state index in [1.165, 1.54) is 0 Å². The van der Waals surface area contributed by atoms with Gasteiger partial charge in [0.1, 0.15) is 24.7 Å². The van der Waals surface area contributed by atoms with Crippen LogP contribution < -0.4 is 20.1 Å². The van der Waals surface area contributed by atoms with E-state index in [0.717, 1.165) is 32.5 Å². The van der Waals surface area contributed by atoms with Crippen LogP contribution >= 0.6 is 0 Å². The van der Waals surface area contributed by atoms with Crippen LogP contribution in [0.4, 0.5) is 30.6 Å². The first-order valence-corrected chi connectivity index (χ1v) is 12.8. The first-order valence-electron chi connectivity index (χ1n) is 12.8. The number of halogens is 3. The summed E-state index contributed by atoms with van der Waals surface area (Å²) < 4.78 is 57.6. The third kappa shape index (κ3) is 4.78. The number of ether oxygens (including phenoxy) is 3. The number of benzene rings is 1. The topological polar surface area (TPSA) is 117 Å². The number of hydrogen-bond donors (Lipinski definition) is 3. The van der Waals surface area contributed by atoms with Crippen LogP contribution in [-0.4, -0.2) is 95.9 Å². The summed E-state index contributed by atoms with van der Waals surface area (Å²) in [7, 11) is 0. The summed E-state index contributed by atoms with van der Waals surface area (Å²) in [5, 5.41) is 5.79. The maximum Gasteiger partial charge on any atom is 0.418 e. The van der Waals surface area contributed by atoms with Crippen LogP contribution in [0.5, 0.6) is 11.5 Å². The minimum absolute atomic E-state index is 0.0289. The molecule has 0 spiro atoms. The van der Waals surface area contributed by atoms with Crippen LogP contribution in [0.25, 0.3) is 11.0 Å². The maximum absolute atomic E-state index is 13.5. The molecule has 1 aromatic carbocycles. The van der Waals surface area contributed by atoms with Gasteiger partial charge < -0.3 is 34.7 Å². The summed E-state index contributed by atoms with van der Waals surface area (Å²) in [6.45, 7) is 6.91. The molecule has 0 bridgehead atoms. The Labute approximate surface area is 221 Å². The quantitative estimate of drug-likeness (QED) is 0.428. The highest BCUT2D eigenvalue weighted by Crippen LogP contribution is 2.43. The number of H-pyrrole nitrogens is 1. The van der Waals surface area contributed by atoms with Crippen LogP contribution in [0, 0.1) is 0 Å². The summed E-state index contributed by atoms with van der Waals surface area (Å²) in [5.74, 6) is 0.599. The number of carbonyl (C=O) groups excluding carboxylic acids is 1. The van der Waals surface area contributed by atoms with Gasteiger partial charge in [0, 0.05) is 38.9 Å². The summed E-state index contributed by atoms with van der Waals surface area (Å²) in [6, 6.07) is 3.75. The Morgan fingerprint density at radius 1 is 1.10 bits per heavy atom. The predicted octanol–water partition coefficient (Wildman–Crippen LogP) is 3.08. The second kappa shape index (κ2) is 10.1. The molecular weight excluding hydrogens is 519 g/mol. The largest absolute Gasteiger partial charge is 0.485 e. The van der Waals surface area contributed by atoms with Crippen molar-refractivity contribution in [1.82, 2.24) is 24.8 Å². The highest BCUT2D eigenvalue weighted by Gasteiger charge is 2.36. The molecule has 5 heterocycles. The Balaban J connectivity index is 1.27. The van der Waals surface area contributed by atoms with Gasteiger partial charge in [-0.1, -0.05) is 0 Å². The average Bonchev–Trinajstić information content (AvgIpc) is 3.33. The minimum Gasteiger partial charge on any atom is -0.485 e. The molecular formula is C25H28F3N7O4. The molecule has 14 heteroatoms. The van der Waals surface area contributed by atoms with Gasteiger partial charge in [0.25, 0.3) is 5.91 Å². The van der Waals surface area contributed by atoms with Gasteiger partial charge in [-0.05, 0) is 19.1 Å². The average molecular weight is 548 g/mol. The smallest absolute Gasteiger partial charge is 0.418 e. The lowest BCUT2D eigenvalue weighted by Crippen LogP contribution is -2.57. The Hall–Kier alpha value is -3.78. The van der Waals surface area contributed by atoms with Crippen LogP contribution in [0.1, 0.15) is 22.8 Å². The number of piperazine rings is 1. The highest BCUT2D eigenvalue weighted by molar-refractivity contribution is 5.99. The SMILES string of the molecule is CCNc1nc(Nc2ccc(C(=O)N3CCN(C4COC4)CC3)c3c2OCCO3)nc2[nH]cc(C(F)(F)F)c12. The first kappa shape index (κ1) is 25.5. The predicted molar refractivity (Wildman–Crippen MR) is 136 cm³/mol. The fourth-order valence-electron chi connectivity index (χ4n) is 5.03. The van der Waals surface area contributed by atoms with Crippen LogP contribution in [0.2, 0.25) is 0 Å². The molecule has 3 aliphatic heterocycles. The zero-order valence-electron chi connectivity index (χ0n) is 21.2. The normalized spacial score (nSPS) is 18.2. The molecule has 2 fully saturated rings. The fourth-order valence-corrected chi connectivity index (χ4v) is 5.03. The Morgan fingerprint density at radius 3 is 2.51 bits per heavy atom. The second-order valence-corrected chi connectivity index (χ2v) is 9.51. The van der Waals surface area contributed by atoms with Gasteiger partial charge in [0.2, 0.25) is 5.95 Å². The van der Waals surface area contributed by atoms with Crippen molar-refractivity contribution in [2.75, 3.05) is 69.8 Å². The molecule has 3 N–H and O–H groups in total. The molecule has 208 valence electrons. The summed E-state index contributed by atoms with van der Waals surface area (Å²) in [6.07, 6.45) is -3.69. The molecule has 3 aliphatic rings. The van der Waals surface area contributed by atoms with Gasteiger partial charge in [0.05, 0.1) is 41.5 Å². The van der Waals surface area contributed by atoms with E-state index in [9.17, 15) is 18.0 Å². The monoisotopic (exact) mass is 547 g/mol. The van der Waals surface area contributed by atoms with E-state index < -0.39 is 11.7 Å². The van der Waals surface area contributed by atoms with E-state index in [1.807, 2.05) is 0 Å². The first-order chi connectivity index (χ1) is 18.8. The number of anilines is 3. The number of aromatic amines is 1. The van der Waals surface area contributed by atoms with Crippen molar-refractivity contribution >= 4 is 34.4 Å². The van der Waals surface area contributed by atoms with Crippen LogP contribution in [0.3, 0.4) is 0 Å². The standard InChI is InChI=1S/C25H28F3N7O4/c1-2-29-21-18-16(25(26,27)28)11-30-22(18)33-24(32-21)31-17-4-3-15(19-20(17)39-10-9-38-19)23(36)35-7-5-34(6-8-35)14-12-37-13-14/h3-4,11,14H,2,5-10,12-13H2,1H3,(H3,29,30,31,32,33). The van der Waals surface area contributed by atoms with Crippen LogP contribution in [0.15, 0.2) is 18.3 Å². The molecule has 3 aromatic rings. The van der Waals surface area contributed by atoms with Crippen molar-refractivity contribution in [1.29, 1.82) is 0 Å². The van der Waals surface area contributed by atoms with Crippen molar-refractivity contribution in [3.05, 3.63) is 29.5 Å². The van der Waals surface area contributed by atoms with Gasteiger partial charge in [0.15, 0.2) is 11.5 Å². The zero-order chi connectivity index (χ0) is 27.1. The highest BCUT2D eigenvalue weighted by atomic mass is 19.4. The van der Waals surface area contributed by atoms with Gasteiger partial charge in [-0.15, -0.1) is 0 Å². The van der Waals surface area contributed by atoms with E-state index in [-0.39, 0.29) is 41.9 Å². The third-order valence-electron chi connectivity index (χ3n) is 7.08. The number of aromatic nitrogens is 3. The van der Waals surface area contributed by atoms with Crippen molar-refractivity contribution < 1.29 is 32.2 Å². The summed E-state index contributed by atoms with van der Waals surface area (Å²) in [5.41, 5.74) is 0.0000664. The number of amides is 1. The van der Waals surface area contributed by atoms with E-state index in [0.29, 0.717) is 48.4 Å². The van der Waals surface area contributed by atoms with Gasteiger partial charge in [-0.25, -0.2) is 0 Å². The van der Waals surface area contributed by atoms with Crippen LogP contribution in [-0.2, 0) is 10.9 Å². The number of carbonyl (C=O) groups is 1. The number of nitrogens with zero attached hydrogens (tertiary/aromatic N) is 4. The molecule has 39 heavy (non-hydrogen) atoms. The van der Waals surface area contributed by atoms with Gasteiger partial charge >= 0.3 is 6.18 Å². The molecule has 0 unspecified atom stereocenters. The van der Waals surface area contributed by atoms with Crippen molar-refractivity contribution in [2.45, 2.75) is 19.1 Å². The lowest BCUT2D eigenvalue weighted by molar-refractivity contribution is -0.136. The molecule has 0 aliphatic carbocycles. The van der Waals surface area contributed by atoms with Crippen molar-refractivity contribution in [3.8, 4) is 11.5 Å². The number of fused-ring (bicyclic) bond motifs is 2. The molecule has 6 rings (SSSR count). The second-order valence-electron chi connectivity index (χ2n) is 9.51. The van der Waals surface area contributed by atoms with E-state index in [2.05, 4.69) is 30.5 Å². The zero-order valence-corrected chi connectivity index (χ0v) is 21.2. The van der Waals surface area contributed by atoms with E-state index in [4.69, 9.17) is 14.2 Å². The Bertz CT molecular complexity index is 1380. The van der Waals surface area contributed by atoms with Crippen molar-refractivity contribution in [3.63, 3.8) is 0 Å². The summed E-state index contributed by atoms with van der Waals surface area (Å²) >= 11 is 0. The molecule has 2 aromatic heterocycles. The lowest BCUT2D eigenvalue weighted by atomic mass is 10.1. The molecule has 0 atom stereocenters. The molecule has 2 saturated heterocycles. The number of nitrogens with one attached hydrogen (secondary N) is 3. The van der Waals surface area contributed by atoms with E-state index in [1.54, 1.807) is 24.0 Å². The number of rotatable bonds is 6. The maximum atomic E-state index is 13.5. The molecule has 1 amide bonds. The summed E-state index contributed by atoms with van der Waals surface area (Å²) in [4.78, 5) is 28.8. The number of alkyl halides is 3. The molecule has 0 saturated carbocycles. The molecule has 11 nitrogen and oxygen atoms in total. The number of hydrogen-bond acceptors (Lipinski definition) is 9. The Morgan fingerprint density at radius 2 is 1.85 bits per heavy atom. The Kier molecular flexibility index (Phi) is 6.59. The fraction of sp³-hybridized carbons (Fsp3) is 0.480. The van der Waals surface area contributed by atoms with Gasteiger partial charge in [-0.2, -0.15) is 23.1 Å². The lowest BCUT2D eigenvalue weighted by Gasteiger charge is -2.42.